The quantitative estimate of drug-likeness (QED) is 0.0499. The molecule has 2 heterocycles. The van der Waals surface area contributed by atoms with Crippen LogP contribution < -0.4 is 9.47 Å². The summed E-state index contributed by atoms with van der Waals surface area (Å²) >= 11 is 0. The molecular weight excluding hydrogens is 688 g/mol. The molecule has 6 aromatic rings. The molecule has 0 unspecified atom stereocenters. The van der Waals surface area contributed by atoms with Crippen molar-refractivity contribution in [1.29, 1.82) is 0 Å². The third-order valence-electron chi connectivity index (χ3n) is 9.08. The lowest BCUT2D eigenvalue weighted by molar-refractivity contribution is 0.0491. The Morgan fingerprint density at radius 3 is 1.37 bits per heavy atom. The second-order valence-corrected chi connectivity index (χ2v) is 12.7. The molecule has 0 aliphatic rings. The number of furan rings is 2. The number of aliphatic hydroxyl groups excluding tert-OH is 2. The van der Waals surface area contributed by atoms with Gasteiger partial charge in [0.05, 0.1) is 40.6 Å². The Hall–Kier alpha value is -5.84. The minimum absolute atomic E-state index is 0.211. The van der Waals surface area contributed by atoms with E-state index in [1.807, 2.05) is 60.7 Å². The van der Waals surface area contributed by atoms with Crippen molar-refractivity contribution < 1.29 is 47.6 Å². The molecule has 0 bridgehead atoms. The Labute approximate surface area is 313 Å². The number of fused-ring (bicyclic) bond motifs is 2. The maximum absolute atomic E-state index is 13.4. The van der Waals surface area contributed by atoms with Crippen LogP contribution in [0.4, 0.5) is 0 Å². The van der Waals surface area contributed by atoms with Crippen molar-refractivity contribution in [1.82, 2.24) is 0 Å². The largest absolute Gasteiger partial charge is 0.493 e. The van der Waals surface area contributed by atoms with Gasteiger partial charge >= 0.3 is 11.9 Å². The summed E-state index contributed by atoms with van der Waals surface area (Å²) in [4.78, 5) is 26.8. The average Bonchev–Trinajstić information content (AvgIpc) is 3.80. The number of carbonyl (C=O) groups excluding carboxylic acids is 2. The van der Waals surface area contributed by atoms with E-state index < -0.39 is 11.9 Å². The third-order valence-corrected chi connectivity index (χ3v) is 9.08. The molecule has 280 valence electrons. The molecule has 0 fully saturated rings. The number of unbranched alkanes of at least 4 members (excludes halogenated alkanes) is 4. The van der Waals surface area contributed by atoms with Gasteiger partial charge in [0.1, 0.15) is 22.6 Å². The second-order valence-electron chi connectivity index (χ2n) is 12.7. The molecule has 4 aromatic carbocycles. The zero-order valence-corrected chi connectivity index (χ0v) is 30.5. The van der Waals surface area contributed by atoms with Crippen LogP contribution in [-0.2, 0) is 22.7 Å². The molecule has 0 saturated heterocycles. The second kappa shape index (κ2) is 18.3. The minimum atomic E-state index is -0.493. The molecule has 0 amide bonds. The van der Waals surface area contributed by atoms with E-state index in [0.717, 1.165) is 36.8 Å². The van der Waals surface area contributed by atoms with Crippen molar-refractivity contribution in [2.24, 2.45) is 0 Å². The summed E-state index contributed by atoms with van der Waals surface area (Å²) < 4.78 is 34.7. The molecule has 0 radical (unpaired) electrons. The lowest BCUT2D eigenvalue weighted by atomic mass is 10.0. The fourth-order valence-electron chi connectivity index (χ4n) is 6.37. The van der Waals surface area contributed by atoms with E-state index >= 15 is 0 Å². The minimum Gasteiger partial charge on any atom is -0.493 e. The molecule has 54 heavy (non-hydrogen) atoms. The fourth-order valence-corrected chi connectivity index (χ4v) is 6.37. The molecule has 0 saturated carbocycles. The first-order valence-electron chi connectivity index (χ1n) is 18.1. The van der Waals surface area contributed by atoms with Gasteiger partial charge in [0, 0.05) is 21.9 Å². The van der Waals surface area contributed by atoms with E-state index in [2.05, 4.69) is 12.2 Å². The highest BCUT2D eigenvalue weighted by molar-refractivity contribution is 6.11. The normalized spacial score (nSPS) is 11.4. The smallest absolute Gasteiger partial charge is 0.342 e. The number of rotatable bonds is 18. The lowest BCUT2D eigenvalue weighted by Gasteiger charge is -2.07. The third kappa shape index (κ3) is 8.51. The number of ether oxygens (including phenoxy) is 4. The summed E-state index contributed by atoms with van der Waals surface area (Å²) in [5.74, 6) is 0.665. The molecule has 0 aliphatic heterocycles. The van der Waals surface area contributed by atoms with Gasteiger partial charge in [-0.2, -0.15) is 0 Å². The number of benzene rings is 4. The van der Waals surface area contributed by atoms with E-state index in [9.17, 15) is 19.8 Å². The molecular formula is C44H44O10. The Morgan fingerprint density at radius 1 is 0.593 bits per heavy atom. The molecule has 10 nitrogen and oxygen atoms in total. The summed E-state index contributed by atoms with van der Waals surface area (Å²) in [5, 5.41) is 20.7. The molecule has 6 rings (SSSR count). The van der Waals surface area contributed by atoms with Crippen LogP contribution in [0.2, 0.25) is 0 Å². The van der Waals surface area contributed by atoms with Gasteiger partial charge in [0.2, 0.25) is 0 Å². The van der Waals surface area contributed by atoms with Gasteiger partial charge in [-0.25, -0.2) is 9.59 Å². The Balaban J connectivity index is 0.965. The van der Waals surface area contributed by atoms with Gasteiger partial charge in [-0.3, -0.25) is 0 Å². The SMILES string of the molecule is COc1cc(CO)cc2c(C(=O)OCCCC/C=C\CCCCOC(=O)c3c(-c4ccccc4)oc4c(OC)cc(CO)cc34)c(-c3ccccc3)oc12. The first-order valence-corrected chi connectivity index (χ1v) is 18.1. The van der Waals surface area contributed by atoms with Crippen molar-refractivity contribution in [3.63, 3.8) is 0 Å². The molecule has 10 heteroatoms. The zero-order chi connectivity index (χ0) is 37.9. The van der Waals surface area contributed by atoms with Crippen LogP contribution in [-0.4, -0.2) is 49.6 Å². The number of hydrogen-bond donors (Lipinski definition) is 2. The molecule has 2 N–H and O–H groups in total. The topological polar surface area (TPSA) is 138 Å². The molecule has 0 aliphatic carbocycles. The van der Waals surface area contributed by atoms with E-state index in [-0.39, 0.29) is 26.4 Å². The van der Waals surface area contributed by atoms with Crippen molar-refractivity contribution in [2.75, 3.05) is 27.4 Å². The number of allylic oxidation sites excluding steroid dienone is 2. The van der Waals surface area contributed by atoms with Crippen molar-refractivity contribution in [3.8, 4) is 34.1 Å². The van der Waals surface area contributed by atoms with Crippen molar-refractivity contribution in [2.45, 2.75) is 51.7 Å². The Bertz CT molecular complexity index is 2060. The van der Waals surface area contributed by atoms with Crippen LogP contribution in [0.15, 0.2) is 106 Å². The Morgan fingerprint density at radius 2 is 1.00 bits per heavy atom. The number of aliphatic hydroxyl groups is 2. The molecule has 2 aromatic heterocycles. The number of hydrogen-bond acceptors (Lipinski definition) is 10. The fraction of sp³-hybridized carbons (Fsp3) is 0.273. The lowest BCUT2D eigenvalue weighted by Crippen LogP contribution is -2.07. The van der Waals surface area contributed by atoms with Crippen LogP contribution in [0.3, 0.4) is 0 Å². The van der Waals surface area contributed by atoms with Gasteiger partial charge in [0.25, 0.3) is 0 Å². The van der Waals surface area contributed by atoms with E-state index in [1.165, 1.54) is 14.2 Å². The predicted molar refractivity (Wildman–Crippen MR) is 206 cm³/mol. The standard InChI is InChI=1S/C44H44O10/c1-49-35-25-29(27-45)23-33-37(39(53-41(33)35)31-17-11-9-12-18-31)43(47)51-21-15-7-5-3-4-6-8-16-22-52-44(48)38-34-24-30(28-46)26-36(50-2)42(34)54-40(38)32-19-13-10-14-20-32/h3-4,9-14,17-20,23-26,45-46H,5-8,15-16,21-22,27-28H2,1-2H3/b4-3-. The monoisotopic (exact) mass is 732 g/mol. The first kappa shape index (κ1) is 37.9. The van der Waals surface area contributed by atoms with Crippen LogP contribution in [0.5, 0.6) is 11.5 Å². The number of methoxy groups -OCH3 is 2. The Kier molecular flexibility index (Phi) is 12.8. The van der Waals surface area contributed by atoms with Crippen LogP contribution >= 0.6 is 0 Å². The first-order chi connectivity index (χ1) is 26.5. The predicted octanol–water partition coefficient (Wildman–Crippen LogP) is 9.43. The number of esters is 2. The van der Waals surface area contributed by atoms with Gasteiger partial charge in [-0.15, -0.1) is 0 Å². The zero-order valence-electron chi connectivity index (χ0n) is 30.5. The average molecular weight is 733 g/mol. The van der Waals surface area contributed by atoms with Crippen molar-refractivity contribution >= 4 is 33.9 Å². The summed E-state index contributed by atoms with van der Waals surface area (Å²) in [6.07, 6.45) is 8.96. The van der Waals surface area contributed by atoms with Gasteiger partial charge in [-0.05, 0) is 73.9 Å². The van der Waals surface area contributed by atoms with E-state index in [1.54, 1.807) is 24.3 Å². The van der Waals surface area contributed by atoms with Crippen LogP contribution in [0.25, 0.3) is 44.6 Å². The van der Waals surface area contributed by atoms with Crippen molar-refractivity contribution in [3.05, 3.63) is 119 Å². The van der Waals surface area contributed by atoms with Crippen LogP contribution in [0, 0.1) is 0 Å². The van der Waals surface area contributed by atoms with Gasteiger partial charge < -0.3 is 38.0 Å². The van der Waals surface area contributed by atoms with Gasteiger partial charge in [-0.1, -0.05) is 72.8 Å². The van der Waals surface area contributed by atoms with E-state index in [4.69, 9.17) is 27.8 Å². The highest BCUT2D eigenvalue weighted by Gasteiger charge is 2.27. The van der Waals surface area contributed by atoms with Crippen LogP contribution in [0.1, 0.15) is 70.4 Å². The maximum Gasteiger partial charge on any atom is 0.342 e. The van der Waals surface area contributed by atoms with E-state index in [0.29, 0.717) is 80.1 Å². The summed E-state index contributed by atoms with van der Waals surface area (Å²) in [7, 11) is 3.04. The van der Waals surface area contributed by atoms with Gasteiger partial charge in [0.15, 0.2) is 22.7 Å². The maximum atomic E-state index is 13.4. The highest BCUT2D eigenvalue weighted by Crippen LogP contribution is 2.41. The summed E-state index contributed by atoms with van der Waals surface area (Å²) in [6, 6.07) is 25.6. The number of carbonyl (C=O) groups is 2. The summed E-state index contributed by atoms with van der Waals surface area (Å²) in [6.45, 7) is 0.0809. The summed E-state index contributed by atoms with van der Waals surface area (Å²) in [5.41, 5.74) is 4.12. The highest BCUT2D eigenvalue weighted by atomic mass is 16.5. The molecule has 0 spiro atoms. The molecule has 0 atom stereocenters.